The van der Waals surface area contributed by atoms with Gasteiger partial charge in [-0.3, -0.25) is 10.2 Å². The Bertz CT molecular complexity index is 1380. The first-order chi connectivity index (χ1) is 17.0. The summed E-state index contributed by atoms with van der Waals surface area (Å²) in [6.45, 7) is 4.97. The van der Waals surface area contributed by atoms with Crippen LogP contribution < -0.4 is 9.47 Å². The second-order valence-electron chi connectivity index (χ2n) is 7.91. The molecule has 1 aromatic heterocycles. The summed E-state index contributed by atoms with van der Waals surface area (Å²) in [6, 6.07) is 17.2. The van der Waals surface area contributed by atoms with E-state index in [1.54, 1.807) is 17.4 Å². The number of benzene rings is 2. The third kappa shape index (κ3) is 5.06. The van der Waals surface area contributed by atoms with Crippen molar-refractivity contribution in [3.8, 4) is 11.5 Å². The number of nitrogens with zero attached hydrogens (tertiary/aromatic N) is 3. The van der Waals surface area contributed by atoms with Gasteiger partial charge in [0.05, 0.1) is 10.5 Å². The number of hydrogen-bond donors (Lipinski definition) is 1. The molecule has 0 unspecified atom stereocenters. The molecule has 0 saturated carbocycles. The molecule has 0 spiro atoms. The summed E-state index contributed by atoms with van der Waals surface area (Å²) < 4.78 is 11.5. The van der Waals surface area contributed by atoms with E-state index >= 15 is 0 Å². The van der Waals surface area contributed by atoms with Crippen molar-refractivity contribution in [1.82, 2.24) is 5.01 Å². The second-order valence-corrected chi connectivity index (χ2v) is 9.82. The molecular formula is C26H22N4O3S2. The number of fused-ring (bicyclic) bond motifs is 1. The molecule has 3 aromatic rings. The Morgan fingerprint density at radius 1 is 1.00 bits per heavy atom. The third-order valence-corrected chi connectivity index (χ3v) is 7.42. The predicted molar refractivity (Wildman–Crippen MR) is 142 cm³/mol. The molecule has 0 bridgehead atoms. The summed E-state index contributed by atoms with van der Waals surface area (Å²) in [7, 11) is 0. The minimum absolute atomic E-state index is 0.0165. The Balaban J connectivity index is 1.20. The highest BCUT2D eigenvalue weighted by Crippen LogP contribution is 2.32. The maximum atomic E-state index is 12.6. The fourth-order valence-corrected chi connectivity index (χ4v) is 5.12. The lowest BCUT2D eigenvalue weighted by Gasteiger charge is -2.20. The van der Waals surface area contributed by atoms with Crippen molar-refractivity contribution in [1.29, 1.82) is 5.41 Å². The van der Waals surface area contributed by atoms with Crippen molar-refractivity contribution in [3.63, 3.8) is 0 Å². The lowest BCUT2D eigenvalue weighted by atomic mass is 10.1. The lowest BCUT2D eigenvalue weighted by molar-refractivity contribution is -0.114. The number of aryl methyl sites for hydroxylation is 2. The highest BCUT2D eigenvalue weighted by molar-refractivity contribution is 8.27. The van der Waals surface area contributed by atoms with E-state index < -0.39 is 5.91 Å². The van der Waals surface area contributed by atoms with Crippen LogP contribution in [0.5, 0.6) is 11.5 Å². The molecule has 2 aromatic carbocycles. The first-order valence-corrected chi connectivity index (χ1v) is 12.6. The van der Waals surface area contributed by atoms with Crippen LogP contribution in [-0.4, -0.2) is 40.2 Å². The molecule has 9 heteroatoms. The molecule has 0 fully saturated rings. The Morgan fingerprint density at radius 2 is 1.74 bits per heavy atom. The molecule has 0 atom stereocenters. The van der Waals surface area contributed by atoms with Gasteiger partial charge in [-0.2, -0.15) is 15.1 Å². The fraction of sp³-hybridized carbons (Fsp3) is 0.154. The van der Waals surface area contributed by atoms with Gasteiger partial charge in [0, 0.05) is 0 Å². The normalized spacial score (nSPS) is 16.3. The van der Waals surface area contributed by atoms with E-state index in [2.05, 4.69) is 23.9 Å². The summed E-state index contributed by atoms with van der Waals surface area (Å²) in [5, 5.41) is 17.5. The molecule has 35 heavy (non-hydrogen) atoms. The molecule has 176 valence electrons. The number of thioether (sulfide) groups is 1. The summed E-state index contributed by atoms with van der Waals surface area (Å²) in [5.74, 6) is 1.10. The molecule has 7 nitrogen and oxygen atoms in total. The Hall–Kier alpha value is -3.69. The van der Waals surface area contributed by atoms with Crippen molar-refractivity contribution in [2.24, 2.45) is 10.1 Å². The number of carbonyl (C=O) groups is 1. The van der Waals surface area contributed by atoms with Gasteiger partial charge in [0.25, 0.3) is 5.91 Å². The predicted octanol–water partition coefficient (Wildman–Crippen LogP) is 5.49. The summed E-state index contributed by atoms with van der Waals surface area (Å²) in [5.41, 5.74) is 3.39. The van der Waals surface area contributed by atoms with Crippen LogP contribution in [0.3, 0.4) is 0 Å². The lowest BCUT2D eigenvalue weighted by Crippen LogP contribution is -2.35. The van der Waals surface area contributed by atoms with Crippen LogP contribution >= 0.6 is 23.1 Å². The molecule has 2 aliphatic rings. The molecule has 0 radical (unpaired) electrons. The van der Waals surface area contributed by atoms with Crippen LogP contribution in [0.4, 0.5) is 0 Å². The van der Waals surface area contributed by atoms with Crippen molar-refractivity contribution < 1.29 is 14.3 Å². The topological polar surface area (TPSA) is 87.3 Å². The Labute approximate surface area is 211 Å². The van der Waals surface area contributed by atoms with E-state index in [0.29, 0.717) is 24.1 Å². The van der Waals surface area contributed by atoms with Crippen LogP contribution in [0.15, 0.2) is 75.6 Å². The monoisotopic (exact) mass is 502 g/mol. The van der Waals surface area contributed by atoms with Gasteiger partial charge >= 0.3 is 0 Å². The van der Waals surface area contributed by atoms with Crippen LogP contribution in [-0.2, 0) is 4.79 Å². The second kappa shape index (κ2) is 9.89. The van der Waals surface area contributed by atoms with Gasteiger partial charge in [-0.05, 0) is 84.1 Å². The summed E-state index contributed by atoms with van der Waals surface area (Å²) in [6.07, 6.45) is 1.65. The van der Waals surface area contributed by atoms with Gasteiger partial charge in [0.15, 0.2) is 5.84 Å². The zero-order valence-electron chi connectivity index (χ0n) is 19.1. The van der Waals surface area contributed by atoms with E-state index in [4.69, 9.17) is 14.9 Å². The van der Waals surface area contributed by atoms with Gasteiger partial charge < -0.3 is 9.47 Å². The van der Waals surface area contributed by atoms with Crippen LogP contribution in [0.25, 0.3) is 6.08 Å². The first-order valence-electron chi connectivity index (χ1n) is 10.9. The Morgan fingerprint density at radius 3 is 2.46 bits per heavy atom. The van der Waals surface area contributed by atoms with Crippen molar-refractivity contribution >= 4 is 51.1 Å². The highest BCUT2D eigenvalue weighted by Gasteiger charge is 2.36. The number of hydrazone groups is 1. The maximum Gasteiger partial charge on any atom is 0.283 e. The molecule has 1 amide bonds. The fourth-order valence-electron chi connectivity index (χ4n) is 3.44. The van der Waals surface area contributed by atoms with Crippen molar-refractivity contribution in [3.05, 3.63) is 87.1 Å². The van der Waals surface area contributed by atoms with Crippen LogP contribution in [0.2, 0.25) is 0 Å². The van der Waals surface area contributed by atoms with Gasteiger partial charge in [-0.25, -0.2) is 0 Å². The van der Waals surface area contributed by atoms with E-state index in [1.807, 2.05) is 60.0 Å². The first kappa shape index (κ1) is 23.1. The number of carbonyl (C=O) groups excluding carboxylic acids is 1. The minimum atomic E-state index is -0.444. The number of amidine groups is 2. The molecule has 1 N–H and O–H groups in total. The number of nitrogens with one attached hydrogen (secondary N) is 1. The summed E-state index contributed by atoms with van der Waals surface area (Å²) >= 11 is 2.86. The number of ether oxygens (including phenoxy) is 2. The average Bonchev–Trinajstić information content (AvgIpc) is 3.53. The van der Waals surface area contributed by atoms with Crippen molar-refractivity contribution in [2.45, 2.75) is 13.8 Å². The van der Waals surface area contributed by atoms with E-state index in [-0.39, 0.29) is 11.4 Å². The van der Waals surface area contributed by atoms with E-state index in [0.717, 1.165) is 21.2 Å². The largest absolute Gasteiger partial charge is 0.490 e. The molecule has 2 aliphatic heterocycles. The molecule has 3 heterocycles. The van der Waals surface area contributed by atoms with E-state index in [9.17, 15) is 4.79 Å². The van der Waals surface area contributed by atoms with Crippen LogP contribution in [0.1, 0.15) is 21.6 Å². The van der Waals surface area contributed by atoms with Gasteiger partial charge in [0.2, 0.25) is 5.17 Å². The zero-order chi connectivity index (χ0) is 24.4. The summed E-state index contributed by atoms with van der Waals surface area (Å²) in [4.78, 5) is 17.7. The minimum Gasteiger partial charge on any atom is -0.490 e. The average molecular weight is 503 g/mol. The number of aliphatic imine (C=N–C) groups is 1. The van der Waals surface area contributed by atoms with E-state index in [1.165, 1.54) is 27.9 Å². The molecule has 5 rings (SSSR count). The maximum absolute atomic E-state index is 12.6. The SMILES string of the molecule is Cc1ccc(OCCOc2ccc(C=C3C(=N)N4N=C(c5cccs5)SC4=NC3=O)cc2)cc1C. The number of thiophene rings is 1. The van der Waals surface area contributed by atoms with Gasteiger partial charge in [0.1, 0.15) is 29.8 Å². The quantitative estimate of drug-likeness (QED) is 0.341. The third-order valence-electron chi connectivity index (χ3n) is 5.48. The van der Waals surface area contributed by atoms with Crippen molar-refractivity contribution in [2.75, 3.05) is 13.2 Å². The number of hydrogen-bond acceptors (Lipinski definition) is 7. The number of amides is 1. The molecule has 0 aliphatic carbocycles. The van der Waals surface area contributed by atoms with Crippen LogP contribution in [0, 0.1) is 19.3 Å². The molecule has 0 saturated heterocycles. The van der Waals surface area contributed by atoms with Gasteiger partial charge in [-0.1, -0.05) is 24.3 Å². The Kier molecular flexibility index (Phi) is 6.52. The standard InChI is InChI=1S/C26H22N4O3S2/c1-16-5-8-20(14-17(16)2)33-12-11-32-19-9-6-18(7-10-19)15-21-23(27)30-26(28-24(21)31)35-25(29-30)22-4-3-13-34-22/h3-10,13-15,27H,11-12H2,1-2H3. The van der Waals surface area contributed by atoms with Gasteiger partial charge in [-0.15, -0.1) is 11.3 Å². The zero-order valence-corrected chi connectivity index (χ0v) is 20.8. The molecular weight excluding hydrogens is 480 g/mol. The highest BCUT2D eigenvalue weighted by atomic mass is 32.2. The smallest absolute Gasteiger partial charge is 0.283 e. The number of rotatable bonds is 7.